The number of amides is 1. The van der Waals surface area contributed by atoms with Crippen LogP contribution in [0.5, 0.6) is 5.75 Å². The summed E-state index contributed by atoms with van der Waals surface area (Å²) in [6.07, 6.45) is 3.70. The quantitative estimate of drug-likeness (QED) is 0.656. The van der Waals surface area contributed by atoms with Gasteiger partial charge in [0, 0.05) is 6.54 Å². The van der Waals surface area contributed by atoms with Crippen LogP contribution in [0.4, 0.5) is 0 Å². The Bertz CT molecular complexity index is 845. The number of para-hydroxylation sites is 1. The number of rotatable bonds is 9. The van der Waals surface area contributed by atoms with Crippen LogP contribution in [0.2, 0.25) is 0 Å². The zero-order valence-corrected chi connectivity index (χ0v) is 17.6. The van der Waals surface area contributed by atoms with Crippen LogP contribution in [0.15, 0.2) is 54.6 Å². The molecule has 1 atom stereocenters. The molecule has 1 aliphatic rings. The number of nitrogens with zero attached hydrogens (tertiary/aromatic N) is 1. The van der Waals surface area contributed by atoms with Crippen LogP contribution in [0.1, 0.15) is 54.6 Å². The van der Waals surface area contributed by atoms with Gasteiger partial charge in [-0.25, -0.2) is 4.79 Å². The summed E-state index contributed by atoms with van der Waals surface area (Å²) in [5, 5.41) is 12.2. The highest BCUT2D eigenvalue weighted by atomic mass is 16.5. The molecule has 1 fully saturated rings. The van der Waals surface area contributed by atoms with Crippen molar-refractivity contribution in [3.05, 3.63) is 65.7 Å². The van der Waals surface area contributed by atoms with E-state index in [2.05, 4.69) is 10.2 Å². The number of carboxylic acid groups (broad SMARTS) is 1. The van der Waals surface area contributed by atoms with E-state index in [0.29, 0.717) is 13.2 Å². The third-order valence-electron chi connectivity index (χ3n) is 6.03. The van der Waals surface area contributed by atoms with Gasteiger partial charge in [-0.2, -0.15) is 0 Å². The van der Waals surface area contributed by atoms with Crippen molar-refractivity contribution in [2.75, 3.05) is 20.2 Å². The first-order chi connectivity index (χ1) is 14.4. The number of likely N-dealkylation sites (N-methyl/N-ethyl adjacent to an activating group) is 1. The van der Waals surface area contributed by atoms with E-state index in [1.165, 1.54) is 0 Å². The average molecular weight is 411 g/mol. The molecule has 1 amide bonds. The van der Waals surface area contributed by atoms with E-state index in [1.54, 1.807) is 24.3 Å². The van der Waals surface area contributed by atoms with Gasteiger partial charge in [0.05, 0.1) is 11.6 Å². The molecule has 3 rings (SSSR count). The number of carbonyl (C=O) groups is 2. The van der Waals surface area contributed by atoms with Crippen LogP contribution in [0.25, 0.3) is 0 Å². The molecule has 0 spiro atoms. The van der Waals surface area contributed by atoms with Crippen molar-refractivity contribution in [3.63, 3.8) is 0 Å². The van der Waals surface area contributed by atoms with E-state index >= 15 is 0 Å². The Hall–Kier alpha value is -2.86. The zero-order chi connectivity index (χ0) is 21.6. The summed E-state index contributed by atoms with van der Waals surface area (Å²) in [5.74, 6) is -0.103. The molecule has 0 heterocycles. The molecule has 0 bridgehead atoms. The fourth-order valence-corrected chi connectivity index (χ4v) is 4.10. The first-order valence-corrected chi connectivity index (χ1v) is 10.5. The van der Waals surface area contributed by atoms with E-state index in [9.17, 15) is 9.59 Å². The highest BCUT2D eigenvalue weighted by Gasteiger charge is 2.44. The highest BCUT2D eigenvalue weighted by molar-refractivity contribution is 5.88. The number of carbonyl (C=O) groups excluding carboxylic acids is 1. The van der Waals surface area contributed by atoms with Crippen LogP contribution in [0, 0.1) is 0 Å². The fraction of sp³-hybridized carbons (Fsp3) is 0.417. The third kappa shape index (κ3) is 5.00. The Labute approximate surface area is 177 Å². The lowest BCUT2D eigenvalue weighted by Gasteiger charge is -2.38. The standard InChI is InChI=1S/C24H30N2O4/c1-18(19-10-12-20(13-11-19)22(27)28)25-23(29)24(14-6-7-15-24)26(2)16-17-30-21-8-4-3-5-9-21/h3-5,8-13,18H,6-7,14-17H2,1-2H3,(H,25,29)(H,27,28). The van der Waals surface area contributed by atoms with Gasteiger partial charge in [-0.1, -0.05) is 43.2 Å². The second-order valence-corrected chi connectivity index (χ2v) is 7.94. The average Bonchev–Trinajstić information content (AvgIpc) is 3.26. The molecule has 2 aromatic rings. The van der Waals surface area contributed by atoms with Crippen molar-refractivity contribution in [2.24, 2.45) is 0 Å². The molecule has 2 N–H and O–H groups in total. The van der Waals surface area contributed by atoms with E-state index in [0.717, 1.165) is 37.0 Å². The second kappa shape index (κ2) is 9.76. The molecule has 30 heavy (non-hydrogen) atoms. The molecule has 6 nitrogen and oxygen atoms in total. The van der Waals surface area contributed by atoms with Gasteiger partial charge in [0.15, 0.2) is 0 Å². The molecular formula is C24H30N2O4. The number of hydrogen-bond donors (Lipinski definition) is 2. The molecule has 1 unspecified atom stereocenters. The van der Waals surface area contributed by atoms with E-state index in [4.69, 9.17) is 9.84 Å². The van der Waals surface area contributed by atoms with E-state index in [-0.39, 0.29) is 17.5 Å². The number of nitrogens with one attached hydrogen (secondary N) is 1. The lowest BCUT2D eigenvalue weighted by atomic mass is 9.93. The Morgan fingerprint density at radius 3 is 2.33 bits per heavy atom. The van der Waals surface area contributed by atoms with Gasteiger partial charge in [-0.15, -0.1) is 0 Å². The second-order valence-electron chi connectivity index (χ2n) is 7.94. The first-order valence-electron chi connectivity index (χ1n) is 10.5. The molecule has 0 saturated heterocycles. The highest BCUT2D eigenvalue weighted by Crippen LogP contribution is 2.35. The predicted molar refractivity (Wildman–Crippen MR) is 116 cm³/mol. The van der Waals surface area contributed by atoms with Crippen LogP contribution in [-0.2, 0) is 4.79 Å². The smallest absolute Gasteiger partial charge is 0.335 e. The summed E-state index contributed by atoms with van der Waals surface area (Å²) in [5.41, 5.74) is 0.592. The minimum Gasteiger partial charge on any atom is -0.492 e. The third-order valence-corrected chi connectivity index (χ3v) is 6.03. The summed E-state index contributed by atoms with van der Waals surface area (Å²) in [6, 6.07) is 16.1. The summed E-state index contributed by atoms with van der Waals surface area (Å²) < 4.78 is 5.82. The van der Waals surface area contributed by atoms with Gasteiger partial charge in [0.25, 0.3) is 0 Å². The molecule has 1 saturated carbocycles. The van der Waals surface area contributed by atoms with Gasteiger partial charge < -0.3 is 15.2 Å². The Morgan fingerprint density at radius 1 is 1.10 bits per heavy atom. The summed E-state index contributed by atoms with van der Waals surface area (Å²) in [7, 11) is 1.99. The zero-order valence-electron chi connectivity index (χ0n) is 17.6. The van der Waals surface area contributed by atoms with Gasteiger partial charge in [0.1, 0.15) is 17.9 Å². The van der Waals surface area contributed by atoms with Crippen LogP contribution in [-0.4, -0.2) is 47.6 Å². The normalized spacial score (nSPS) is 16.2. The van der Waals surface area contributed by atoms with Gasteiger partial charge in [0.2, 0.25) is 5.91 Å². The number of hydrogen-bond acceptors (Lipinski definition) is 4. The fourth-order valence-electron chi connectivity index (χ4n) is 4.10. The lowest BCUT2D eigenvalue weighted by Crippen LogP contribution is -2.57. The molecule has 1 aliphatic carbocycles. The summed E-state index contributed by atoms with van der Waals surface area (Å²) >= 11 is 0. The van der Waals surface area contributed by atoms with E-state index in [1.807, 2.05) is 44.3 Å². The molecule has 0 radical (unpaired) electrons. The Kier molecular flexibility index (Phi) is 7.11. The molecule has 0 aromatic heterocycles. The van der Waals surface area contributed by atoms with Crippen LogP contribution < -0.4 is 10.1 Å². The topological polar surface area (TPSA) is 78.9 Å². The molecule has 160 valence electrons. The maximum absolute atomic E-state index is 13.3. The van der Waals surface area contributed by atoms with Crippen molar-refractivity contribution in [1.29, 1.82) is 0 Å². The van der Waals surface area contributed by atoms with Gasteiger partial charge in [-0.3, -0.25) is 9.69 Å². The Morgan fingerprint density at radius 2 is 1.73 bits per heavy atom. The molecule has 0 aliphatic heterocycles. The van der Waals surface area contributed by atoms with Crippen molar-refractivity contribution in [1.82, 2.24) is 10.2 Å². The minimum absolute atomic E-state index is 0.0250. The number of benzene rings is 2. The summed E-state index contributed by atoms with van der Waals surface area (Å²) in [4.78, 5) is 26.5. The maximum atomic E-state index is 13.3. The van der Waals surface area contributed by atoms with E-state index < -0.39 is 11.5 Å². The van der Waals surface area contributed by atoms with Gasteiger partial charge in [-0.05, 0) is 56.6 Å². The molecular weight excluding hydrogens is 380 g/mol. The molecule has 6 heteroatoms. The lowest BCUT2D eigenvalue weighted by molar-refractivity contribution is -0.133. The SMILES string of the molecule is CC(NC(=O)C1(N(C)CCOc2ccccc2)CCCC1)c1ccc(C(=O)O)cc1. The minimum atomic E-state index is -0.956. The van der Waals surface area contributed by atoms with Crippen molar-refractivity contribution >= 4 is 11.9 Å². The number of aromatic carboxylic acids is 1. The van der Waals surface area contributed by atoms with Crippen molar-refractivity contribution in [3.8, 4) is 5.75 Å². The van der Waals surface area contributed by atoms with Crippen LogP contribution in [0.3, 0.4) is 0 Å². The van der Waals surface area contributed by atoms with Crippen molar-refractivity contribution < 1.29 is 19.4 Å². The summed E-state index contributed by atoms with van der Waals surface area (Å²) in [6.45, 7) is 3.10. The van der Waals surface area contributed by atoms with Crippen LogP contribution >= 0.6 is 0 Å². The maximum Gasteiger partial charge on any atom is 0.335 e. The number of ether oxygens (including phenoxy) is 1. The largest absolute Gasteiger partial charge is 0.492 e. The van der Waals surface area contributed by atoms with Crippen molar-refractivity contribution in [2.45, 2.75) is 44.2 Å². The molecule has 2 aromatic carbocycles. The monoisotopic (exact) mass is 410 g/mol. The first kappa shape index (κ1) is 21.8. The number of carboxylic acids is 1. The predicted octanol–water partition coefficient (Wildman–Crippen LogP) is 3.89. The van der Waals surface area contributed by atoms with Gasteiger partial charge >= 0.3 is 5.97 Å². The Balaban J connectivity index is 1.62.